The molecule has 0 atom stereocenters. The molecule has 0 aromatic heterocycles. The van der Waals surface area contributed by atoms with Crippen molar-refractivity contribution >= 4 is 34.8 Å². The Hall–Kier alpha value is -1.11. The van der Waals surface area contributed by atoms with Crippen molar-refractivity contribution in [3.05, 3.63) is 22.2 Å². The molecule has 1 aromatic rings. The lowest BCUT2D eigenvalue weighted by Crippen LogP contribution is -2.11. The van der Waals surface area contributed by atoms with Crippen LogP contribution in [0.25, 0.3) is 0 Å². The third-order valence-electron chi connectivity index (χ3n) is 2.30. The summed E-state index contributed by atoms with van der Waals surface area (Å²) in [6.07, 6.45) is 1.29. The highest BCUT2D eigenvalue weighted by Crippen LogP contribution is 2.36. The molecular weight excluding hydrogens is 315 g/mol. The molecule has 20 heavy (non-hydrogen) atoms. The van der Waals surface area contributed by atoms with Gasteiger partial charge in [0.25, 0.3) is 0 Å². The highest BCUT2D eigenvalue weighted by atomic mass is 35.5. The summed E-state index contributed by atoms with van der Waals surface area (Å²) in [5.41, 5.74) is 0.288. The van der Waals surface area contributed by atoms with E-state index < -0.39 is 6.61 Å². The van der Waals surface area contributed by atoms with E-state index in [1.54, 1.807) is 0 Å². The number of ether oxygens (including phenoxy) is 1. The summed E-state index contributed by atoms with van der Waals surface area (Å²) in [6, 6.07) is 2.55. The van der Waals surface area contributed by atoms with Crippen LogP contribution in [0, 0.1) is 0 Å². The van der Waals surface area contributed by atoms with Crippen LogP contribution < -0.4 is 10.1 Å². The van der Waals surface area contributed by atoms with Gasteiger partial charge in [-0.3, -0.25) is 4.79 Å². The topological polar surface area (TPSA) is 58.6 Å². The monoisotopic (exact) mass is 327 g/mol. The first kappa shape index (κ1) is 16.9. The van der Waals surface area contributed by atoms with Gasteiger partial charge in [0.1, 0.15) is 0 Å². The van der Waals surface area contributed by atoms with E-state index in [1.807, 2.05) is 0 Å². The molecule has 112 valence electrons. The van der Waals surface area contributed by atoms with E-state index in [0.29, 0.717) is 12.8 Å². The SMILES string of the molecule is O=C(CCCCO)Nc1cc(Cl)c(OC(F)F)c(Cl)c1. The quantitative estimate of drug-likeness (QED) is 0.751. The zero-order chi connectivity index (χ0) is 15.1. The predicted octanol–water partition coefficient (Wildman–Crippen LogP) is 3.70. The Morgan fingerprint density at radius 1 is 1.30 bits per heavy atom. The maximum absolute atomic E-state index is 12.1. The number of amides is 1. The molecule has 0 saturated heterocycles. The number of anilines is 1. The highest BCUT2D eigenvalue weighted by Gasteiger charge is 2.15. The summed E-state index contributed by atoms with van der Waals surface area (Å²) in [5.74, 6) is -0.616. The maximum atomic E-state index is 12.1. The van der Waals surface area contributed by atoms with E-state index in [1.165, 1.54) is 12.1 Å². The Bertz CT molecular complexity index is 449. The Labute approximate surface area is 124 Å². The molecule has 0 bridgehead atoms. The number of nitrogens with one attached hydrogen (secondary N) is 1. The average Bonchev–Trinajstić information content (AvgIpc) is 2.34. The molecule has 0 aliphatic heterocycles. The van der Waals surface area contributed by atoms with Crippen LogP contribution in [0.3, 0.4) is 0 Å². The summed E-state index contributed by atoms with van der Waals surface area (Å²) in [7, 11) is 0. The second-order valence-electron chi connectivity index (χ2n) is 3.88. The van der Waals surface area contributed by atoms with Crippen molar-refractivity contribution in [3.8, 4) is 5.75 Å². The maximum Gasteiger partial charge on any atom is 0.387 e. The average molecular weight is 328 g/mol. The van der Waals surface area contributed by atoms with Crippen LogP contribution >= 0.6 is 23.2 Å². The van der Waals surface area contributed by atoms with E-state index in [4.69, 9.17) is 28.3 Å². The van der Waals surface area contributed by atoms with Crippen LogP contribution in [0.1, 0.15) is 19.3 Å². The normalized spacial score (nSPS) is 10.7. The van der Waals surface area contributed by atoms with Gasteiger partial charge >= 0.3 is 6.61 Å². The van der Waals surface area contributed by atoms with E-state index in [2.05, 4.69) is 10.1 Å². The standard InChI is InChI=1S/C12H13Cl2F2NO3/c13-8-5-7(17-10(19)3-1-2-4-18)6-9(14)11(8)20-12(15)16/h5-6,12,18H,1-4H2,(H,17,19). The third kappa shape index (κ3) is 5.48. The zero-order valence-electron chi connectivity index (χ0n) is 10.3. The number of halogens is 4. The lowest BCUT2D eigenvalue weighted by molar-refractivity contribution is -0.116. The number of aliphatic hydroxyl groups is 1. The van der Waals surface area contributed by atoms with Crippen molar-refractivity contribution in [2.45, 2.75) is 25.9 Å². The summed E-state index contributed by atoms with van der Waals surface area (Å²) < 4.78 is 28.4. The molecule has 0 saturated carbocycles. The van der Waals surface area contributed by atoms with Gasteiger partial charge < -0.3 is 15.2 Å². The molecule has 8 heteroatoms. The van der Waals surface area contributed by atoms with E-state index in [9.17, 15) is 13.6 Å². The van der Waals surface area contributed by atoms with Gasteiger partial charge in [-0.15, -0.1) is 0 Å². The molecule has 0 aliphatic carbocycles. The fourth-order valence-electron chi connectivity index (χ4n) is 1.45. The molecule has 2 N–H and O–H groups in total. The van der Waals surface area contributed by atoms with Crippen molar-refractivity contribution in [1.29, 1.82) is 0 Å². The minimum absolute atomic E-state index is 0.0185. The third-order valence-corrected chi connectivity index (χ3v) is 2.86. The summed E-state index contributed by atoms with van der Waals surface area (Å²) in [5, 5.41) is 10.9. The van der Waals surface area contributed by atoms with Crippen LogP contribution in [0.4, 0.5) is 14.5 Å². The smallest absolute Gasteiger partial charge is 0.387 e. The largest absolute Gasteiger partial charge is 0.432 e. The van der Waals surface area contributed by atoms with Crippen LogP contribution in [-0.4, -0.2) is 24.2 Å². The van der Waals surface area contributed by atoms with Crippen LogP contribution in [0.15, 0.2) is 12.1 Å². The van der Waals surface area contributed by atoms with Crippen molar-refractivity contribution in [1.82, 2.24) is 0 Å². The summed E-state index contributed by atoms with van der Waals surface area (Å²) in [4.78, 5) is 11.5. The molecular formula is C12H13Cl2F2NO3. The number of benzene rings is 1. The first-order chi connectivity index (χ1) is 9.43. The molecule has 1 rings (SSSR count). The zero-order valence-corrected chi connectivity index (χ0v) is 11.8. The van der Waals surface area contributed by atoms with Crippen LogP contribution in [-0.2, 0) is 4.79 Å². The Balaban J connectivity index is 2.71. The second kappa shape index (κ2) is 8.24. The molecule has 0 fully saturated rings. The van der Waals surface area contributed by atoms with Crippen molar-refractivity contribution in [2.75, 3.05) is 11.9 Å². The van der Waals surface area contributed by atoms with Gasteiger partial charge in [-0.1, -0.05) is 23.2 Å². The Morgan fingerprint density at radius 3 is 2.40 bits per heavy atom. The van der Waals surface area contributed by atoms with Gasteiger partial charge in [-0.2, -0.15) is 8.78 Å². The molecule has 1 aromatic carbocycles. The molecule has 0 unspecified atom stereocenters. The number of rotatable bonds is 7. The van der Waals surface area contributed by atoms with Gasteiger partial charge in [-0.05, 0) is 25.0 Å². The Kier molecular flexibility index (Phi) is 6.98. The first-order valence-corrected chi connectivity index (χ1v) is 6.54. The first-order valence-electron chi connectivity index (χ1n) is 5.78. The van der Waals surface area contributed by atoms with Crippen molar-refractivity contribution in [3.63, 3.8) is 0 Å². The summed E-state index contributed by atoms with van der Waals surface area (Å²) in [6.45, 7) is -3.02. The molecule has 4 nitrogen and oxygen atoms in total. The van der Waals surface area contributed by atoms with Crippen molar-refractivity contribution < 1.29 is 23.4 Å². The number of hydrogen-bond donors (Lipinski definition) is 2. The van der Waals surface area contributed by atoms with Gasteiger partial charge in [0.2, 0.25) is 5.91 Å². The number of alkyl halides is 2. The Morgan fingerprint density at radius 2 is 1.90 bits per heavy atom. The van der Waals surface area contributed by atoms with E-state index in [0.717, 1.165) is 0 Å². The van der Waals surface area contributed by atoms with Gasteiger partial charge in [-0.25, -0.2) is 0 Å². The molecule has 1 amide bonds. The number of carbonyl (C=O) groups is 1. The number of carbonyl (C=O) groups excluding carboxylic acids is 1. The lowest BCUT2D eigenvalue weighted by Gasteiger charge is -2.11. The fourth-order valence-corrected chi connectivity index (χ4v) is 2.03. The van der Waals surface area contributed by atoms with E-state index in [-0.39, 0.29) is 40.4 Å². The van der Waals surface area contributed by atoms with Gasteiger partial charge in [0, 0.05) is 18.7 Å². The number of aliphatic hydroxyl groups excluding tert-OH is 1. The van der Waals surface area contributed by atoms with Crippen LogP contribution in [0.5, 0.6) is 5.75 Å². The minimum atomic E-state index is -3.04. The predicted molar refractivity (Wildman–Crippen MR) is 72.7 cm³/mol. The fraction of sp³-hybridized carbons (Fsp3) is 0.417. The molecule has 0 spiro atoms. The molecule has 0 radical (unpaired) electrons. The summed E-state index contributed by atoms with van der Waals surface area (Å²) >= 11 is 11.5. The highest BCUT2D eigenvalue weighted by molar-refractivity contribution is 6.37. The van der Waals surface area contributed by atoms with Gasteiger partial charge in [0.05, 0.1) is 10.0 Å². The lowest BCUT2D eigenvalue weighted by atomic mass is 10.2. The van der Waals surface area contributed by atoms with Crippen molar-refractivity contribution in [2.24, 2.45) is 0 Å². The number of hydrogen-bond acceptors (Lipinski definition) is 3. The van der Waals surface area contributed by atoms with Gasteiger partial charge in [0.15, 0.2) is 5.75 Å². The van der Waals surface area contributed by atoms with E-state index >= 15 is 0 Å². The van der Waals surface area contributed by atoms with Crippen LogP contribution in [0.2, 0.25) is 10.0 Å². The number of unbranched alkanes of at least 4 members (excludes halogenated alkanes) is 1. The molecule has 0 aliphatic rings. The second-order valence-corrected chi connectivity index (χ2v) is 4.69. The minimum Gasteiger partial charge on any atom is -0.432 e. The molecule has 0 heterocycles.